The Bertz CT molecular complexity index is 1060. The Morgan fingerprint density at radius 1 is 1.04 bits per heavy atom. The Morgan fingerprint density at radius 2 is 1.64 bits per heavy atom. The lowest BCUT2D eigenvalue weighted by molar-refractivity contribution is 0.330. The molecule has 0 bridgehead atoms. The van der Waals surface area contributed by atoms with Gasteiger partial charge in [-0.2, -0.15) is 8.42 Å². The van der Waals surface area contributed by atoms with Crippen LogP contribution in [0, 0.1) is 13.8 Å². The lowest BCUT2D eigenvalue weighted by Gasteiger charge is -2.43. The standard InChI is InChI=1S/C23H29NO3S/c1-15-13-18-21(23(5,6)12-11-22(18,3)4)16(2)17(15)14-24-19-9-7-8-10-20(19)28(25,26)27/h7-10,13-14H,11-12H2,1-6H3,(H,25,26,27). The van der Waals surface area contributed by atoms with Crippen molar-refractivity contribution in [3.05, 3.63) is 58.1 Å². The molecule has 0 saturated heterocycles. The number of aryl methyl sites for hydroxylation is 1. The molecule has 2 aromatic carbocycles. The quantitative estimate of drug-likeness (QED) is 0.536. The fourth-order valence-electron chi connectivity index (χ4n) is 4.40. The van der Waals surface area contributed by atoms with E-state index in [0.29, 0.717) is 0 Å². The first-order valence-corrected chi connectivity index (χ1v) is 11.0. The molecule has 4 nitrogen and oxygen atoms in total. The number of fused-ring (bicyclic) bond motifs is 1. The fraction of sp³-hybridized carbons (Fsp3) is 0.435. The summed E-state index contributed by atoms with van der Waals surface area (Å²) in [6.45, 7) is 13.4. The Balaban J connectivity index is 2.18. The van der Waals surface area contributed by atoms with E-state index in [-0.39, 0.29) is 21.4 Å². The van der Waals surface area contributed by atoms with Gasteiger partial charge in [0.2, 0.25) is 0 Å². The lowest BCUT2D eigenvalue weighted by Crippen LogP contribution is -2.35. The molecular formula is C23H29NO3S. The van der Waals surface area contributed by atoms with Gasteiger partial charge < -0.3 is 0 Å². The zero-order valence-electron chi connectivity index (χ0n) is 17.5. The maximum Gasteiger partial charge on any atom is 0.296 e. The molecule has 0 heterocycles. The van der Waals surface area contributed by atoms with Crippen LogP contribution < -0.4 is 0 Å². The molecule has 1 aliphatic rings. The minimum absolute atomic E-state index is 0.0809. The van der Waals surface area contributed by atoms with Crippen LogP contribution in [-0.4, -0.2) is 19.2 Å². The molecule has 0 atom stereocenters. The number of benzene rings is 2. The SMILES string of the molecule is Cc1cc2c(c(C)c1C=Nc1ccccc1S(=O)(=O)O)C(C)(C)CCC2(C)C. The summed E-state index contributed by atoms with van der Waals surface area (Å²) in [7, 11) is -4.32. The molecule has 2 aromatic rings. The van der Waals surface area contributed by atoms with E-state index in [4.69, 9.17) is 0 Å². The molecule has 0 spiro atoms. The summed E-state index contributed by atoms with van der Waals surface area (Å²) in [4.78, 5) is 4.25. The highest BCUT2D eigenvalue weighted by atomic mass is 32.2. The molecule has 28 heavy (non-hydrogen) atoms. The third kappa shape index (κ3) is 3.65. The number of hydrogen-bond acceptors (Lipinski definition) is 3. The van der Waals surface area contributed by atoms with Gasteiger partial charge in [-0.25, -0.2) is 0 Å². The number of aliphatic imine (C=N–C) groups is 1. The minimum atomic E-state index is -4.32. The zero-order chi connectivity index (χ0) is 20.9. The first-order valence-electron chi connectivity index (χ1n) is 9.60. The highest BCUT2D eigenvalue weighted by Crippen LogP contribution is 2.48. The Hall–Kier alpha value is -1.98. The summed E-state index contributed by atoms with van der Waals surface area (Å²) in [6, 6.07) is 8.50. The van der Waals surface area contributed by atoms with Gasteiger partial charge in [0, 0.05) is 6.21 Å². The van der Waals surface area contributed by atoms with E-state index in [1.54, 1.807) is 24.4 Å². The molecule has 0 amide bonds. The van der Waals surface area contributed by atoms with E-state index in [2.05, 4.69) is 52.6 Å². The van der Waals surface area contributed by atoms with Crippen molar-refractivity contribution in [3.8, 4) is 0 Å². The molecule has 0 saturated carbocycles. The molecule has 0 fully saturated rings. The maximum absolute atomic E-state index is 11.6. The van der Waals surface area contributed by atoms with Crippen LogP contribution in [-0.2, 0) is 20.9 Å². The third-order valence-electron chi connectivity index (χ3n) is 6.09. The van der Waals surface area contributed by atoms with Gasteiger partial charge >= 0.3 is 0 Å². The second-order valence-corrected chi connectivity index (χ2v) is 10.5. The summed E-state index contributed by atoms with van der Waals surface area (Å²) in [5.41, 5.74) is 6.55. The molecule has 150 valence electrons. The van der Waals surface area contributed by atoms with Crippen LogP contribution in [0.25, 0.3) is 0 Å². The second-order valence-electron chi connectivity index (χ2n) is 9.12. The summed E-state index contributed by atoms with van der Waals surface area (Å²) in [6.07, 6.45) is 4.01. The van der Waals surface area contributed by atoms with Crippen molar-refractivity contribution < 1.29 is 13.0 Å². The van der Waals surface area contributed by atoms with Crippen molar-refractivity contribution in [2.45, 2.75) is 70.1 Å². The molecule has 0 aromatic heterocycles. The fourth-order valence-corrected chi connectivity index (χ4v) is 5.04. The summed E-state index contributed by atoms with van der Waals surface area (Å²) in [5.74, 6) is 0. The van der Waals surface area contributed by atoms with E-state index in [9.17, 15) is 13.0 Å². The van der Waals surface area contributed by atoms with E-state index >= 15 is 0 Å². The number of nitrogens with zero attached hydrogens (tertiary/aromatic N) is 1. The molecule has 0 unspecified atom stereocenters. The molecule has 0 radical (unpaired) electrons. The van der Waals surface area contributed by atoms with Crippen molar-refractivity contribution in [2.75, 3.05) is 0 Å². The van der Waals surface area contributed by atoms with Gasteiger partial charge in [-0.05, 0) is 77.5 Å². The molecule has 1 N–H and O–H groups in total. The molecule has 0 aliphatic heterocycles. The van der Waals surface area contributed by atoms with Gasteiger partial charge in [0.1, 0.15) is 4.90 Å². The number of rotatable bonds is 3. The minimum Gasteiger partial charge on any atom is -0.282 e. The van der Waals surface area contributed by atoms with Crippen LogP contribution in [0.5, 0.6) is 0 Å². The molecule has 3 rings (SSSR count). The zero-order valence-corrected chi connectivity index (χ0v) is 18.3. The summed E-state index contributed by atoms with van der Waals surface area (Å²) < 4.78 is 32.7. The smallest absolute Gasteiger partial charge is 0.282 e. The second kappa shape index (κ2) is 6.82. The van der Waals surface area contributed by atoms with Crippen molar-refractivity contribution in [1.82, 2.24) is 0 Å². The van der Waals surface area contributed by atoms with Crippen LogP contribution in [0.15, 0.2) is 40.2 Å². The van der Waals surface area contributed by atoms with Crippen LogP contribution in [0.1, 0.15) is 68.4 Å². The predicted molar refractivity (Wildman–Crippen MR) is 115 cm³/mol. The van der Waals surface area contributed by atoms with Crippen molar-refractivity contribution in [1.29, 1.82) is 0 Å². The highest BCUT2D eigenvalue weighted by Gasteiger charge is 2.38. The average molecular weight is 400 g/mol. The van der Waals surface area contributed by atoms with Crippen molar-refractivity contribution in [2.24, 2.45) is 4.99 Å². The predicted octanol–water partition coefficient (Wildman–Crippen LogP) is 5.65. The van der Waals surface area contributed by atoms with Crippen LogP contribution in [0.3, 0.4) is 0 Å². The number of para-hydroxylation sites is 1. The number of hydrogen-bond donors (Lipinski definition) is 1. The third-order valence-corrected chi connectivity index (χ3v) is 6.99. The maximum atomic E-state index is 11.6. The monoisotopic (exact) mass is 399 g/mol. The van der Waals surface area contributed by atoms with Gasteiger partial charge in [0.25, 0.3) is 10.1 Å². The van der Waals surface area contributed by atoms with Crippen molar-refractivity contribution >= 4 is 22.0 Å². The summed E-state index contributed by atoms with van der Waals surface area (Å²) >= 11 is 0. The van der Waals surface area contributed by atoms with Crippen LogP contribution in [0.4, 0.5) is 5.69 Å². The van der Waals surface area contributed by atoms with Gasteiger partial charge in [0.15, 0.2) is 0 Å². The van der Waals surface area contributed by atoms with Gasteiger partial charge in [0.05, 0.1) is 5.69 Å². The summed E-state index contributed by atoms with van der Waals surface area (Å²) in [5, 5.41) is 0. The molecule has 1 aliphatic carbocycles. The van der Waals surface area contributed by atoms with Crippen molar-refractivity contribution in [3.63, 3.8) is 0 Å². The highest BCUT2D eigenvalue weighted by molar-refractivity contribution is 7.86. The normalized spacial score (nSPS) is 18.2. The average Bonchev–Trinajstić information content (AvgIpc) is 2.57. The Kier molecular flexibility index (Phi) is 5.05. The first kappa shape index (κ1) is 20.7. The van der Waals surface area contributed by atoms with E-state index < -0.39 is 10.1 Å². The van der Waals surface area contributed by atoms with E-state index in [1.165, 1.54) is 22.8 Å². The van der Waals surface area contributed by atoms with E-state index in [0.717, 1.165) is 24.0 Å². The Morgan fingerprint density at radius 3 is 2.29 bits per heavy atom. The molecule has 5 heteroatoms. The van der Waals surface area contributed by atoms with Gasteiger partial charge in [-0.3, -0.25) is 9.55 Å². The van der Waals surface area contributed by atoms with E-state index in [1.807, 2.05) is 0 Å². The largest absolute Gasteiger partial charge is 0.296 e. The first-order chi connectivity index (χ1) is 12.8. The topological polar surface area (TPSA) is 66.7 Å². The molecular weight excluding hydrogens is 370 g/mol. The van der Waals surface area contributed by atoms with Gasteiger partial charge in [-0.15, -0.1) is 0 Å². The van der Waals surface area contributed by atoms with Crippen LogP contribution >= 0.6 is 0 Å². The lowest BCUT2D eigenvalue weighted by atomic mass is 9.61. The van der Waals surface area contributed by atoms with Gasteiger partial charge in [-0.1, -0.05) is 45.9 Å². The Labute approximate surface area is 168 Å². The van der Waals surface area contributed by atoms with Crippen LogP contribution in [0.2, 0.25) is 0 Å².